The maximum atomic E-state index is 10.7. The first-order valence-electron chi connectivity index (χ1n) is 9.93. The molecule has 3 aromatic rings. The van der Waals surface area contributed by atoms with E-state index >= 15 is 0 Å². The number of benzene rings is 2. The number of phenolic OH excluding ortho intramolecular Hbond substituents is 1. The molecule has 28 heavy (non-hydrogen) atoms. The van der Waals surface area contributed by atoms with Crippen molar-refractivity contribution in [3.63, 3.8) is 0 Å². The van der Waals surface area contributed by atoms with E-state index < -0.39 is 0 Å². The van der Waals surface area contributed by atoms with Crippen molar-refractivity contribution in [2.45, 2.75) is 39.5 Å². The molecule has 6 nitrogen and oxygen atoms in total. The summed E-state index contributed by atoms with van der Waals surface area (Å²) in [7, 11) is 0. The summed E-state index contributed by atoms with van der Waals surface area (Å²) in [6, 6.07) is 11.5. The first kappa shape index (κ1) is 19.7. The molecule has 0 bridgehead atoms. The lowest BCUT2D eigenvalue weighted by atomic mass is 10.0. The quantitative estimate of drug-likeness (QED) is 0.453. The Hall–Kier alpha value is -3.02. The number of hydrogen-bond acceptors (Lipinski definition) is 6. The van der Waals surface area contributed by atoms with E-state index in [-0.39, 0.29) is 11.7 Å². The monoisotopic (exact) mass is 377 g/mol. The molecule has 0 aliphatic rings. The highest BCUT2D eigenvalue weighted by Crippen LogP contribution is 2.41. The van der Waals surface area contributed by atoms with Gasteiger partial charge in [0.1, 0.15) is 11.4 Å². The van der Waals surface area contributed by atoms with E-state index in [9.17, 15) is 5.11 Å². The van der Waals surface area contributed by atoms with Crippen molar-refractivity contribution in [2.24, 2.45) is 10.2 Å². The van der Waals surface area contributed by atoms with Gasteiger partial charge in [0.25, 0.3) is 5.95 Å². The first-order chi connectivity index (χ1) is 13.7. The number of aromatic nitrogens is 2. The summed E-state index contributed by atoms with van der Waals surface area (Å²) in [5.41, 5.74) is 1.49. The average molecular weight is 377 g/mol. The third kappa shape index (κ3) is 4.63. The van der Waals surface area contributed by atoms with Gasteiger partial charge in [0.05, 0.1) is 0 Å². The lowest BCUT2D eigenvalue weighted by Gasteiger charge is -2.27. The van der Waals surface area contributed by atoms with Gasteiger partial charge in [-0.3, -0.25) is 0 Å². The highest BCUT2D eigenvalue weighted by Gasteiger charge is 2.16. The van der Waals surface area contributed by atoms with Crippen molar-refractivity contribution in [1.82, 2.24) is 9.97 Å². The molecule has 0 atom stereocenters. The highest BCUT2D eigenvalue weighted by atomic mass is 16.3. The van der Waals surface area contributed by atoms with Gasteiger partial charge in [-0.25, -0.2) is 9.97 Å². The molecule has 0 fully saturated rings. The second-order valence-electron chi connectivity index (χ2n) is 6.75. The summed E-state index contributed by atoms with van der Waals surface area (Å²) < 4.78 is 0. The number of rotatable bonds is 9. The van der Waals surface area contributed by atoms with Crippen LogP contribution in [-0.2, 0) is 0 Å². The van der Waals surface area contributed by atoms with Gasteiger partial charge in [-0.1, -0.05) is 51.0 Å². The second-order valence-corrected chi connectivity index (χ2v) is 6.75. The van der Waals surface area contributed by atoms with Crippen molar-refractivity contribution >= 4 is 28.1 Å². The fourth-order valence-corrected chi connectivity index (χ4v) is 3.18. The summed E-state index contributed by atoms with van der Waals surface area (Å²) in [5, 5.41) is 21.0. The Morgan fingerprint density at radius 2 is 1.54 bits per heavy atom. The van der Waals surface area contributed by atoms with Crippen molar-refractivity contribution < 1.29 is 5.11 Å². The summed E-state index contributed by atoms with van der Waals surface area (Å²) in [6.45, 7) is 6.34. The molecule has 0 unspecified atom stereocenters. The fraction of sp³-hybridized carbons (Fsp3) is 0.364. The number of hydrogen-bond donors (Lipinski definition) is 1. The van der Waals surface area contributed by atoms with E-state index in [0.717, 1.165) is 55.2 Å². The minimum absolute atomic E-state index is 0.117. The molecule has 0 saturated carbocycles. The van der Waals surface area contributed by atoms with Crippen LogP contribution < -0.4 is 4.90 Å². The standard InChI is InChI=1S/C22H27N5O/c1-3-5-14-27(15-6-4-2)19-16-20(28)21(18-11-8-7-10-17(18)19)25-26-22-23-12-9-13-24-22/h7-13,16,28H,3-6,14-15H2,1-2H3. The summed E-state index contributed by atoms with van der Waals surface area (Å²) in [6.07, 6.45) is 7.73. The van der Waals surface area contributed by atoms with Crippen molar-refractivity contribution in [3.8, 4) is 5.75 Å². The maximum absolute atomic E-state index is 10.7. The first-order valence-corrected chi connectivity index (χ1v) is 9.93. The van der Waals surface area contributed by atoms with E-state index in [1.807, 2.05) is 24.3 Å². The Morgan fingerprint density at radius 3 is 2.18 bits per heavy atom. The Labute approximate surface area is 166 Å². The van der Waals surface area contributed by atoms with E-state index in [1.165, 1.54) is 0 Å². The van der Waals surface area contributed by atoms with Gasteiger partial charge >= 0.3 is 0 Å². The number of anilines is 1. The zero-order valence-electron chi connectivity index (χ0n) is 16.5. The van der Waals surface area contributed by atoms with Gasteiger partial charge in [-0.2, -0.15) is 0 Å². The molecule has 0 aliphatic carbocycles. The third-order valence-electron chi connectivity index (χ3n) is 4.67. The van der Waals surface area contributed by atoms with Crippen LogP contribution in [0.4, 0.5) is 17.3 Å². The van der Waals surface area contributed by atoms with Gasteiger partial charge < -0.3 is 10.0 Å². The van der Waals surface area contributed by atoms with Crippen LogP contribution in [0.2, 0.25) is 0 Å². The van der Waals surface area contributed by atoms with Crippen LogP contribution in [0.5, 0.6) is 5.75 Å². The lowest BCUT2D eigenvalue weighted by Crippen LogP contribution is -2.25. The molecule has 3 rings (SSSR count). The van der Waals surface area contributed by atoms with Gasteiger partial charge in [0.2, 0.25) is 0 Å². The molecular formula is C22H27N5O. The van der Waals surface area contributed by atoms with Crippen LogP contribution in [0.3, 0.4) is 0 Å². The molecule has 146 valence electrons. The number of azo groups is 1. The van der Waals surface area contributed by atoms with E-state index in [2.05, 4.69) is 45.0 Å². The summed E-state index contributed by atoms with van der Waals surface area (Å²) in [5.74, 6) is 0.383. The van der Waals surface area contributed by atoms with Crippen LogP contribution in [0.15, 0.2) is 59.0 Å². The van der Waals surface area contributed by atoms with E-state index in [1.54, 1.807) is 18.5 Å². The zero-order valence-corrected chi connectivity index (χ0v) is 16.5. The van der Waals surface area contributed by atoms with Crippen molar-refractivity contribution in [3.05, 3.63) is 48.8 Å². The molecule has 0 saturated heterocycles. The molecule has 1 N–H and O–H groups in total. The van der Waals surface area contributed by atoms with Crippen LogP contribution in [0.25, 0.3) is 10.8 Å². The molecule has 0 spiro atoms. The second kappa shape index (κ2) is 9.78. The Kier molecular flexibility index (Phi) is 6.89. The summed E-state index contributed by atoms with van der Waals surface area (Å²) in [4.78, 5) is 10.5. The van der Waals surface area contributed by atoms with Crippen molar-refractivity contribution in [2.75, 3.05) is 18.0 Å². The van der Waals surface area contributed by atoms with Gasteiger partial charge in [-0.05, 0) is 18.9 Å². The molecule has 1 heterocycles. The fourth-order valence-electron chi connectivity index (χ4n) is 3.18. The normalized spacial score (nSPS) is 11.4. The number of unbranched alkanes of at least 4 members (excludes halogenated alkanes) is 2. The maximum Gasteiger partial charge on any atom is 0.268 e. The topological polar surface area (TPSA) is 74.0 Å². The SMILES string of the molecule is CCCCN(CCCC)c1cc(O)c(N=Nc2ncccn2)c2ccccc12. The molecule has 1 aromatic heterocycles. The molecule has 0 radical (unpaired) electrons. The van der Waals surface area contributed by atoms with Gasteiger partial charge in [-0.15, -0.1) is 10.2 Å². The van der Waals surface area contributed by atoms with Crippen LogP contribution in [-0.4, -0.2) is 28.2 Å². The zero-order chi connectivity index (χ0) is 19.8. The predicted octanol–water partition coefficient (Wildman–Crippen LogP) is 6.16. The van der Waals surface area contributed by atoms with E-state index in [0.29, 0.717) is 5.69 Å². The van der Waals surface area contributed by atoms with Gasteiger partial charge in [0.15, 0.2) is 0 Å². The van der Waals surface area contributed by atoms with Crippen LogP contribution in [0, 0.1) is 0 Å². The minimum Gasteiger partial charge on any atom is -0.506 e. The Morgan fingerprint density at radius 1 is 0.893 bits per heavy atom. The lowest BCUT2D eigenvalue weighted by molar-refractivity contribution is 0.477. The molecular weight excluding hydrogens is 350 g/mol. The molecule has 0 amide bonds. The number of phenols is 1. The largest absolute Gasteiger partial charge is 0.506 e. The summed E-state index contributed by atoms with van der Waals surface area (Å²) >= 11 is 0. The minimum atomic E-state index is 0.117. The number of fused-ring (bicyclic) bond motifs is 1. The third-order valence-corrected chi connectivity index (χ3v) is 4.67. The smallest absolute Gasteiger partial charge is 0.268 e. The van der Waals surface area contributed by atoms with Crippen LogP contribution >= 0.6 is 0 Å². The number of nitrogens with zero attached hydrogens (tertiary/aromatic N) is 5. The molecule has 0 aliphatic heterocycles. The molecule has 2 aromatic carbocycles. The molecule has 6 heteroatoms. The average Bonchev–Trinajstić information content (AvgIpc) is 2.74. The highest BCUT2D eigenvalue weighted by molar-refractivity contribution is 6.03. The van der Waals surface area contributed by atoms with Crippen molar-refractivity contribution in [1.29, 1.82) is 0 Å². The number of aromatic hydroxyl groups is 1. The van der Waals surface area contributed by atoms with Crippen LogP contribution in [0.1, 0.15) is 39.5 Å². The van der Waals surface area contributed by atoms with E-state index in [4.69, 9.17) is 0 Å². The Bertz CT molecular complexity index is 919. The Balaban J connectivity index is 2.05. The predicted molar refractivity (Wildman–Crippen MR) is 114 cm³/mol. The van der Waals surface area contributed by atoms with Gasteiger partial charge in [0, 0.05) is 48.0 Å².